The Labute approximate surface area is 225 Å². The minimum Gasteiger partial charge on any atom is -0.497 e. The number of likely N-dealkylation sites (tertiary alicyclic amines) is 1. The van der Waals surface area contributed by atoms with Crippen molar-refractivity contribution in [3.8, 4) is 5.75 Å². The van der Waals surface area contributed by atoms with Gasteiger partial charge in [-0.3, -0.25) is 9.69 Å². The molecule has 1 aliphatic carbocycles. The third kappa shape index (κ3) is 4.21. The van der Waals surface area contributed by atoms with Gasteiger partial charge in [0.1, 0.15) is 17.2 Å². The first-order valence-corrected chi connectivity index (χ1v) is 13.4. The van der Waals surface area contributed by atoms with E-state index in [1.54, 1.807) is 12.0 Å². The summed E-state index contributed by atoms with van der Waals surface area (Å²) in [5, 5.41) is 3.72. The average Bonchev–Trinajstić information content (AvgIpc) is 2.95. The zero-order chi connectivity index (χ0) is 26.9. The van der Waals surface area contributed by atoms with Crippen molar-refractivity contribution in [3.05, 3.63) is 106 Å². The van der Waals surface area contributed by atoms with Crippen molar-refractivity contribution in [2.24, 2.45) is 5.18 Å². The van der Waals surface area contributed by atoms with Gasteiger partial charge in [0.2, 0.25) is 5.91 Å². The fourth-order valence-electron chi connectivity index (χ4n) is 6.88. The second kappa shape index (κ2) is 10.3. The predicted octanol–water partition coefficient (Wildman–Crippen LogP) is 5.18. The Morgan fingerprint density at radius 2 is 1.68 bits per heavy atom. The third-order valence-corrected chi connectivity index (χ3v) is 8.96. The lowest BCUT2D eigenvalue weighted by Crippen LogP contribution is -2.62. The fraction of sp³-hybridized carbons (Fsp3) is 0.406. The highest BCUT2D eigenvalue weighted by Crippen LogP contribution is 2.48. The van der Waals surface area contributed by atoms with Crippen LogP contribution in [0.5, 0.6) is 5.75 Å². The van der Waals surface area contributed by atoms with Gasteiger partial charge in [-0.25, -0.2) is 0 Å². The molecule has 3 unspecified atom stereocenters. The summed E-state index contributed by atoms with van der Waals surface area (Å²) in [6.45, 7) is 3.70. The van der Waals surface area contributed by atoms with E-state index in [1.807, 2.05) is 56.6 Å². The average molecular weight is 512 g/mol. The van der Waals surface area contributed by atoms with Crippen LogP contribution >= 0.6 is 0 Å². The van der Waals surface area contributed by atoms with E-state index in [0.29, 0.717) is 13.0 Å². The maximum absolute atomic E-state index is 14.1. The Morgan fingerprint density at radius 1 is 1.05 bits per heavy atom. The summed E-state index contributed by atoms with van der Waals surface area (Å²) in [6.07, 6.45) is 2.19. The number of hydrogen-bond acceptors (Lipinski definition) is 5. The SMILES string of the molecule is COc1ccc2c(c1)C1(C)CCN(CCC(C(=O)N(C)C)(c3ccccc3)c3ccccc3)C(C2)C1N=O. The van der Waals surface area contributed by atoms with Crippen molar-refractivity contribution < 1.29 is 9.53 Å². The van der Waals surface area contributed by atoms with E-state index in [0.717, 1.165) is 36.3 Å². The first kappa shape index (κ1) is 26.1. The quantitative estimate of drug-likeness (QED) is 0.391. The number of methoxy groups -OCH3 is 1. The molecule has 3 atom stereocenters. The molecule has 5 rings (SSSR count). The van der Waals surface area contributed by atoms with E-state index in [4.69, 9.17) is 4.74 Å². The molecule has 38 heavy (non-hydrogen) atoms. The number of carbonyl (C=O) groups excluding carboxylic acids is 1. The van der Waals surface area contributed by atoms with Crippen LogP contribution in [0.3, 0.4) is 0 Å². The summed E-state index contributed by atoms with van der Waals surface area (Å²) in [7, 11) is 5.33. The summed E-state index contributed by atoms with van der Waals surface area (Å²) in [4.78, 5) is 30.5. The number of carbonyl (C=O) groups is 1. The van der Waals surface area contributed by atoms with Gasteiger partial charge in [0, 0.05) is 32.1 Å². The van der Waals surface area contributed by atoms with Gasteiger partial charge in [0.15, 0.2) is 0 Å². The van der Waals surface area contributed by atoms with E-state index < -0.39 is 5.41 Å². The molecule has 3 aromatic carbocycles. The number of amides is 1. The van der Waals surface area contributed by atoms with Crippen LogP contribution in [0.15, 0.2) is 84.0 Å². The van der Waals surface area contributed by atoms with E-state index >= 15 is 0 Å². The van der Waals surface area contributed by atoms with Crippen LogP contribution in [-0.4, -0.2) is 62.1 Å². The monoisotopic (exact) mass is 511 g/mol. The number of hydrogen-bond donors (Lipinski definition) is 0. The third-order valence-electron chi connectivity index (χ3n) is 8.96. The summed E-state index contributed by atoms with van der Waals surface area (Å²) in [6, 6.07) is 26.1. The van der Waals surface area contributed by atoms with E-state index in [2.05, 4.69) is 53.4 Å². The topological polar surface area (TPSA) is 62.2 Å². The Hall–Kier alpha value is -3.51. The first-order chi connectivity index (χ1) is 18.3. The molecule has 1 amide bonds. The molecule has 0 N–H and O–H groups in total. The van der Waals surface area contributed by atoms with Crippen molar-refractivity contribution in [2.45, 2.75) is 49.1 Å². The lowest BCUT2D eigenvalue weighted by atomic mass is 9.61. The molecule has 0 radical (unpaired) electrons. The van der Waals surface area contributed by atoms with Crippen LogP contribution < -0.4 is 4.74 Å². The van der Waals surface area contributed by atoms with E-state index in [-0.39, 0.29) is 23.4 Å². The predicted molar refractivity (Wildman–Crippen MR) is 151 cm³/mol. The molecule has 6 nitrogen and oxygen atoms in total. The van der Waals surface area contributed by atoms with Gasteiger partial charge in [-0.15, -0.1) is 0 Å². The van der Waals surface area contributed by atoms with Gasteiger partial charge in [0.25, 0.3) is 0 Å². The smallest absolute Gasteiger partial charge is 0.237 e. The zero-order valence-electron chi connectivity index (χ0n) is 22.8. The van der Waals surface area contributed by atoms with Crippen LogP contribution in [0.25, 0.3) is 0 Å². The number of piperidine rings is 1. The minimum atomic E-state index is -0.836. The molecule has 1 heterocycles. The Kier molecular flexibility index (Phi) is 7.10. The highest BCUT2D eigenvalue weighted by Gasteiger charge is 2.53. The molecule has 0 saturated carbocycles. The Morgan fingerprint density at radius 3 is 2.24 bits per heavy atom. The minimum absolute atomic E-state index is 0.00847. The summed E-state index contributed by atoms with van der Waals surface area (Å²) >= 11 is 0. The van der Waals surface area contributed by atoms with Gasteiger partial charge in [-0.1, -0.05) is 78.8 Å². The van der Waals surface area contributed by atoms with Crippen LogP contribution in [0.4, 0.5) is 0 Å². The number of fused-ring (bicyclic) bond motifs is 4. The zero-order valence-corrected chi connectivity index (χ0v) is 22.8. The van der Waals surface area contributed by atoms with Gasteiger partial charge >= 0.3 is 0 Å². The van der Waals surface area contributed by atoms with Gasteiger partial charge in [0.05, 0.1) is 7.11 Å². The molecule has 3 aromatic rings. The second-order valence-electron chi connectivity index (χ2n) is 11.1. The lowest BCUT2D eigenvalue weighted by molar-refractivity contribution is -0.133. The van der Waals surface area contributed by atoms with Gasteiger partial charge in [-0.2, -0.15) is 4.91 Å². The molecule has 6 heteroatoms. The number of rotatable bonds is 8. The maximum Gasteiger partial charge on any atom is 0.237 e. The molecule has 2 aliphatic rings. The maximum atomic E-state index is 14.1. The highest BCUT2D eigenvalue weighted by molar-refractivity contribution is 5.92. The van der Waals surface area contributed by atoms with Crippen molar-refractivity contribution in [1.82, 2.24) is 9.80 Å². The molecular formula is C32H37N3O3. The normalized spacial score (nSPS) is 22.8. The highest BCUT2D eigenvalue weighted by atomic mass is 16.5. The van der Waals surface area contributed by atoms with Crippen molar-refractivity contribution in [3.63, 3.8) is 0 Å². The Balaban J connectivity index is 1.53. The standard InChI is InChI=1S/C32H37N3O3/c1-31-17-19-35(28(29(31)33-37)21-23-15-16-26(38-4)22-27(23)31)20-18-32(30(36)34(2)3,24-11-7-5-8-12-24)25-13-9-6-10-14-25/h5-16,22,28-29H,17-21H2,1-4H3. The van der Waals surface area contributed by atoms with E-state index in [9.17, 15) is 9.70 Å². The molecule has 198 valence electrons. The largest absolute Gasteiger partial charge is 0.497 e. The molecule has 1 fully saturated rings. The molecule has 0 aromatic heterocycles. The summed E-state index contributed by atoms with van der Waals surface area (Å²) in [5.74, 6) is 0.871. The lowest BCUT2D eigenvalue weighted by Gasteiger charge is -2.53. The molecule has 0 spiro atoms. The number of ether oxygens (including phenoxy) is 1. The van der Waals surface area contributed by atoms with Crippen molar-refractivity contribution in [1.29, 1.82) is 0 Å². The van der Waals surface area contributed by atoms with Crippen LogP contribution in [0.2, 0.25) is 0 Å². The second-order valence-corrected chi connectivity index (χ2v) is 11.1. The van der Waals surface area contributed by atoms with Crippen LogP contribution in [0, 0.1) is 4.91 Å². The molecule has 1 saturated heterocycles. The number of benzene rings is 3. The van der Waals surface area contributed by atoms with Crippen LogP contribution in [-0.2, 0) is 22.0 Å². The van der Waals surface area contributed by atoms with E-state index in [1.165, 1.54) is 11.1 Å². The van der Waals surface area contributed by atoms with Crippen molar-refractivity contribution in [2.75, 3.05) is 34.3 Å². The number of likely N-dealkylation sites (N-methyl/N-ethyl adjacent to an activating group) is 1. The number of nitrogens with zero attached hydrogens (tertiary/aromatic N) is 3. The van der Waals surface area contributed by atoms with Gasteiger partial charge in [-0.05, 0) is 60.2 Å². The molecular weight excluding hydrogens is 474 g/mol. The fourth-order valence-corrected chi connectivity index (χ4v) is 6.88. The summed E-state index contributed by atoms with van der Waals surface area (Å²) < 4.78 is 5.50. The molecule has 1 aliphatic heterocycles. The first-order valence-electron chi connectivity index (χ1n) is 13.4. The summed E-state index contributed by atoms with van der Waals surface area (Å²) in [5.41, 5.74) is 3.24. The van der Waals surface area contributed by atoms with Crippen molar-refractivity contribution >= 4 is 5.91 Å². The van der Waals surface area contributed by atoms with Gasteiger partial charge < -0.3 is 9.64 Å². The number of nitroso groups, excluding NO2 is 1. The molecule has 2 bridgehead atoms. The van der Waals surface area contributed by atoms with Crippen LogP contribution in [0.1, 0.15) is 42.0 Å². The Bertz CT molecular complexity index is 1250.